The van der Waals surface area contributed by atoms with Gasteiger partial charge < -0.3 is 15.2 Å². The molecule has 1 aromatic carbocycles. The van der Waals surface area contributed by atoms with Crippen LogP contribution in [-0.2, 0) is 5.60 Å². The van der Waals surface area contributed by atoms with Crippen LogP contribution in [0.1, 0.15) is 18.4 Å². The van der Waals surface area contributed by atoms with Crippen LogP contribution >= 0.6 is 11.6 Å². The third-order valence-electron chi connectivity index (χ3n) is 4.22. The molecule has 0 amide bonds. The second-order valence-corrected chi connectivity index (χ2v) is 6.34. The first kappa shape index (κ1) is 21.1. The number of nitrogens with one attached hydrogen (secondary N) is 2. The molecular formula is C16H15ClF5N3O2. The number of aliphatic hydroxyl groups is 1. The third kappa shape index (κ3) is 4.95. The molecule has 0 bridgehead atoms. The molecule has 11 heteroatoms. The Kier molecular flexibility index (Phi) is 6.10. The summed E-state index contributed by atoms with van der Waals surface area (Å²) in [7, 11) is 0. The van der Waals surface area contributed by atoms with Crippen LogP contribution in [0.25, 0.3) is 0 Å². The van der Waals surface area contributed by atoms with Crippen molar-refractivity contribution in [3.05, 3.63) is 40.9 Å². The van der Waals surface area contributed by atoms with Gasteiger partial charge in [-0.15, -0.1) is 13.2 Å². The van der Waals surface area contributed by atoms with Gasteiger partial charge in [0.15, 0.2) is 0 Å². The Balaban J connectivity index is 2.43. The molecule has 5 nitrogen and oxygen atoms in total. The molecule has 1 unspecified atom stereocenters. The first-order valence-corrected chi connectivity index (χ1v) is 7.97. The Bertz CT molecular complexity index is 761. The van der Waals surface area contributed by atoms with Crippen molar-refractivity contribution >= 4 is 24.3 Å². The standard InChI is InChI=1S/C16H15ClF5N3O2/c17-12-5-10(27-16(20,21)22)1-2-11(12)15(26,7-24-9-25-8-23)14(3-4-14)6-13(18)19/h1-2,5-6,8-9,26H,3-4,7H2,(H2,23,24,25). The van der Waals surface area contributed by atoms with Crippen molar-refractivity contribution < 1.29 is 31.8 Å². The number of alkyl halides is 3. The highest BCUT2D eigenvalue weighted by Gasteiger charge is 2.59. The fourth-order valence-electron chi connectivity index (χ4n) is 2.87. The number of ether oxygens (including phenoxy) is 1. The van der Waals surface area contributed by atoms with Crippen molar-refractivity contribution in [1.82, 2.24) is 5.32 Å². The summed E-state index contributed by atoms with van der Waals surface area (Å²) in [6.45, 7) is -0.312. The Morgan fingerprint density at radius 2 is 2.04 bits per heavy atom. The van der Waals surface area contributed by atoms with E-state index >= 15 is 0 Å². The highest BCUT2D eigenvalue weighted by Crippen LogP contribution is 2.61. The zero-order valence-electron chi connectivity index (χ0n) is 13.7. The van der Waals surface area contributed by atoms with Crippen LogP contribution < -0.4 is 10.1 Å². The average Bonchev–Trinajstić information content (AvgIpc) is 3.30. The second-order valence-electron chi connectivity index (χ2n) is 5.93. The molecule has 1 aliphatic carbocycles. The molecule has 3 N–H and O–H groups in total. The van der Waals surface area contributed by atoms with Gasteiger partial charge in [-0.2, -0.15) is 8.78 Å². The van der Waals surface area contributed by atoms with E-state index in [2.05, 4.69) is 15.0 Å². The van der Waals surface area contributed by atoms with Gasteiger partial charge in [0.25, 0.3) is 6.08 Å². The first-order valence-electron chi connectivity index (χ1n) is 7.59. The van der Waals surface area contributed by atoms with E-state index in [4.69, 9.17) is 17.0 Å². The highest BCUT2D eigenvalue weighted by atomic mass is 35.5. The summed E-state index contributed by atoms with van der Waals surface area (Å²) in [4.78, 5) is 3.46. The maximum Gasteiger partial charge on any atom is 0.573 e. The summed E-state index contributed by atoms with van der Waals surface area (Å²) in [5, 5.41) is 20.3. The van der Waals surface area contributed by atoms with E-state index < -0.39 is 29.2 Å². The molecule has 0 heterocycles. The van der Waals surface area contributed by atoms with E-state index in [9.17, 15) is 27.1 Å². The Labute approximate surface area is 156 Å². The minimum Gasteiger partial charge on any atom is -0.406 e. The van der Waals surface area contributed by atoms with E-state index in [0.717, 1.165) is 30.9 Å². The van der Waals surface area contributed by atoms with E-state index in [-0.39, 0.29) is 30.0 Å². The zero-order chi connectivity index (χ0) is 20.3. The maximum absolute atomic E-state index is 12.9. The molecule has 0 aromatic heterocycles. The molecule has 27 heavy (non-hydrogen) atoms. The van der Waals surface area contributed by atoms with Crippen molar-refractivity contribution in [2.24, 2.45) is 10.4 Å². The molecule has 1 aliphatic rings. The smallest absolute Gasteiger partial charge is 0.406 e. The average molecular weight is 412 g/mol. The van der Waals surface area contributed by atoms with Crippen LogP contribution in [0, 0.1) is 10.8 Å². The van der Waals surface area contributed by atoms with E-state index in [1.54, 1.807) is 0 Å². The van der Waals surface area contributed by atoms with Gasteiger partial charge >= 0.3 is 6.36 Å². The molecule has 0 saturated heterocycles. The van der Waals surface area contributed by atoms with E-state index in [1.807, 2.05) is 0 Å². The molecule has 1 saturated carbocycles. The van der Waals surface area contributed by atoms with Gasteiger partial charge in [0.2, 0.25) is 0 Å². The summed E-state index contributed by atoms with van der Waals surface area (Å²) in [5.74, 6) is -0.603. The predicted molar refractivity (Wildman–Crippen MR) is 89.3 cm³/mol. The van der Waals surface area contributed by atoms with Crippen LogP contribution in [0.2, 0.25) is 5.02 Å². The number of hydrogen-bond donors (Lipinski definition) is 3. The lowest BCUT2D eigenvalue weighted by Gasteiger charge is -2.36. The van der Waals surface area contributed by atoms with Gasteiger partial charge in [0, 0.05) is 17.5 Å². The topological polar surface area (TPSA) is 77.7 Å². The lowest BCUT2D eigenvalue weighted by Crippen LogP contribution is -2.45. The summed E-state index contributed by atoms with van der Waals surface area (Å²) >= 11 is 6.04. The second kappa shape index (κ2) is 7.81. The number of aliphatic imine (C=N–C) groups is 1. The molecular weight excluding hydrogens is 397 g/mol. The van der Waals surface area contributed by atoms with Crippen LogP contribution in [0.3, 0.4) is 0 Å². The minimum absolute atomic E-state index is 0.0376. The third-order valence-corrected chi connectivity index (χ3v) is 4.53. The maximum atomic E-state index is 12.9. The van der Waals surface area contributed by atoms with E-state index in [0.29, 0.717) is 6.08 Å². The van der Waals surface area contributed by atoms with Crippen LogP contribution in [0.4, 0.5) is 22.0 Å². The molecule has 1 fully saturated rings. The fraction of sp³-hybridized carbons (Fsp3) is 0.375. The van der Waals surface area contributed by atoms with Crippen molar-refractivity contribution in [1.29, 1.82) is 5.41 Å². The van der Waals surface area contributed by atoms with Gasteiger partial charge in [0.05, 0.1) is 11.4 Å². The normalized spacial score (nSPS) is 17.9. The van der Waals surface area contributed by atoms with E-state index in [1.165, 1.54) is 0 Å². The predicted octanol–water partition coefficient (Wildman–Crippen LogP) is 4.21. The van der Waals surface area contributed by atoms with Gasteiger partial charge in [-0.25, -0.2) is 4.99 Å². The summed E-state index contributed by atoms with van der Waals surface area (Å²) in [6.07, 6.45) is -4.05. The minimum atomic E-state index is -4.93. The summed E-state index contributed by atoms with van der Waals surface area (Å²) in [6, 6.07) is 2.90. The summed E-state index contributed by atoms with van der Waals surface area (Å²) in [5.41, 5.74) is -3.34. The number of hydrogen-bond acceptors (Lipinski definition) is 3. The SMILES string of the molecule is N=C/N=C\NCC(O)(c1ccc(OC(F)(F)F)cc1Cl)C1(C=C(F)F)CC1. The van der Waals surface area contributed by atoms with Crippen LogP contribution in [-0.4, -0.2) is 30.7 Å². The van der Waals surface area contributed by atoms with Crippen LogP contribution in [0.5, 0.6) is 5.75 Å². The van der Waals surface area contributed by atoms with Gasteiger partial charge in [-0.3, -0.25) is 5.41 Å². The zero-order valence-corrected chi connectivity index (χ0v) is 14.4. The first-order chi connectivity index (χ1) is 12.5. The van der Waals surface area contributed by atoms with Crippen LogP contribution in [0.15, 0.2) is 35.3 Å². The highest BCUT2D eigenvalue weighted by molar-refractivity contribution is 6.31. The Morgan fingerprint density at radius 3 is 2.52 bits per heavy atom. The Hall–Kier alpha value is -2.20. The van der Waals surface area contributed by atoms with Crippen molar-refractivity contribution in [2.45, 2.75) is 24.8 Å². The van der Waals surface area contributed by atoms with Gasteiger partial charge in [-0.05, 0) is 31.1 Å². The molecule has 0 aliphatic heterocycles. The Morgan fingerprint density at radius 1 is 1.37 bits per heavy atom. The fourth-order valence-corrected chi connectivity index (χ4v) is 3.20. The number of benzene rings is 1. The van der Waals surface area contributed by atoms with Gasteiger partial charge in [0.1, 0.15) is 17.7 Å². The number of rotatable bonds is 8. The molecule has 0 spiro atoms. The largest absolute Gasteiger partial charge is 0.573 e. The molecule has 2 rings (SSSR count). The molecule has 148 valence electrons. The molecule has 1 aromatic rings. The number of nitrogens with zero attached hydrogens (tertiary/aromatic N) is 1. The van der Waals surface area contributed by atoms with Crippen molar-refractivity contribution in [2.75, 3.05) is 6.54 Å². The molecule has 1 atom stereocenters. The lowest BCUT2D eigenvalue weighted by atomic mass is 9.78. The quantitative estimate of drug-likeness (QED) is 0.340. The summed E-state index contributed by atoms with van der Waals surface area (Å²) < 4.78 is 66.6. The number of halogens is 6. The lowest BCUT2D eigenvalue weighted by molar-refractivity contribution is -0.274. The monoisotopic (exact) mass is 411 g/mol. The molecule has 0 radical (unpaired) electrons. The van der Waals surface area contributed by atoms with Crippen molar-refractivity contribution in [3.63, 3.8) is 0 Å². The van der Waals surface area contributed by atoms with Gasteiger partial charge in [-0.1, -0.05) is 17.7 Å². The van der Waals surface area contributed by atoms with Crippen molar-refractivity contribution in [3.8, 4) is 5.75 Å².